The molecule has 0 saturated carbocycles. The molecule has 0 aromatic heterocycles. The van der Waals surface area contributed by atoms with E-state index in [0.29, 0.717) is 11.1 Å². The number of benzene rings is 3. The minimum Gasteiger partial charge on any atom is -0.491 e. The fourth-order valence-corrected chi connectivity index (χ4v) is 3.73. The number of hydrogen-bond acceptors (Lipinski definition) is 3. The van der Waals surface area contributed by atoms with Crippen LogP contribution in [0.25, 0.3) is 0 Å². The first kappa shape index (κ1) is 22.0. The van der Waals surface area contributed by atoms with Crippen molar-refractivity contribution in [2.24, 2.45) is 0 Å². The second-order valence-electron chi connectivity index (χ2n) is 7.53. The maximum Gasteiger partial charge on any atom is 0.207 e. The SMILES string of the molecule is CCCc1ccc(OCc2cc3c(c(F)c2F)Oc2c(ccc(OCC)c2F)C3)c(F)c1. The Morgan fingerprint density at radius 2 is 1.56 bits per heavy atom. The van der Waals surface area contributed by atoms with Gasteiger partial charge >= 0.3 is 0 Å². The molecular weight excluding hydrogens is 424 g/mol. The van der Waals surface area contributed by atoms with Crippen LogP contribution in [0.4, 0.5) is 17.6 Å². The topological polar surface area (TPSA) is 27.7 Å². The Bertz CT molecular complexity index is 1160. The second kappa shape index (κ2) is 9.10. The number of aryl methyl sites for hydroxylation is 1. The van der Waals surface area contributed by atoms with Crippen LogP contribution in [0, 0.1) is 23.3 Å². The molecule has 0 saturated heterocycles. The number of halogens is 4. The van der Waals surface area contributed by atoms with E-state index in [1.54, 1.807) is 19.1 Å². The zero-order valence-electron chi connectivity index (χ0n) is 17.7. The van der Waals surface area contributed by atoms with Gasteiger partial charge in [-0.25, -0.2) is 8.78 Å². The van der Waals surface area contributed by atoms with Crippen LogP contribution in [0.3, 0.4) is 0 Å². The third-order valence-electron chi connectivity index (χ3n) is 5.26. The van der Waals surface area contributed by atoms with E-state index < -0.39 is 23.3 Å². The third-order valence-corrected chi connectivity index (χ3v) is 5.26. The van der Waals surface area contributed by atoms with Gasteiger partial charge < -0.3 is 14.2 Å². The lowest BCUT2D eigenvalue weighted by atomic mass is 9.97. The lowest BCUT2D eigenvalue weighted by molar-refractivity contribution is 0.280. The summed E-state index contributed by atoms with van der Waals surface area (Å²) in [5.41, 5.74) is 1.57. The minimum atomic E-state index is -1.24. The minimum absolute atomic E-state index is 0.0208. The van der Waals surface area contributed by atoms with Crippen LogP contribution >= 0.6 is 0 Å². The molecule has 32 heavy (non-hydrogen) atoms. The van der Waals surface area contributed by atoms with Gasteiger partial charge in [0, 0.05) is 23.1 Å². The lowest BCUT2D eigenvalue weighted by Crippen LogP contribution is -2.11. The number of hydrogen-bond donors (Lipinski definition) is 0. The van der Waals surface area contributed by atoms with Gasteiger partial charge in [-0.1, -0.05) is 25.5 Å². The Morgan fingerprint density at radius 3 is 2.28 bits per heavy atom. The van der Waals surface area contributed by atoms with E-state index in [-0.39, 0.29) is 48.2 Å². The molecule has 0 fully saturated rings. The van der Waals surface area contributed by atoms with Crippen molar-refractivity contribution >= 4 is 0 Å². The van der Waals surface area contributed by atoms with Crippen LogP contribution in [0.1, 0.15) is 42.5 Å². The molecule has 3 aromatic carbocycles. The summed E-state index contributed by atoms with van der Waals surface area (Å²) in [6, 6.07) is 9.08. The van der Waals surface area contributed by atoms with E-state index >= 15 is 0 Å². The van der Waals surface area contributed by atoms with Crippen molar-refractivity contribution in [3.63, 3.8) is 0 Å². The maximum atomic E-state index is 14.8. The largest absolute Gasteiger partial charge is 0.491 e. The highest BCUT2D eigenvalue weighted by Gasteiger charge is 2.29. The monoisotopic (exact) mass is 446 g/mol. The fourth-order valence-electron chi connectivity index (χ4n) is 3.73. The van der Waals surface area contributed by atoms with Crippen LogP contribution < -0.4 is 14.2 Å². The highest BCUT2D eigenvalue weighted by molar-refractivity contribution is 5.54. The molecule has 1 heterocycles. The number of ether oxygens (including phenoxy) is 3. The molecule has 0 unspecified atom stereocenters. The molecule has 0 radical (unpaired) electrons. The summed E-state index contributed by atoms with van der Waals surface area (Å²) in [5, 5.41) is 0. The van der Waals surface area contributed by atoms with Gasteiger partial charge in [0.25, 0.3) is 0 Å². The zero-order valence-corrected chi connectivity index (χ0v) is 17.7. The summed E-state index contributed by atoms with van der Waals surface area (Å²) in [6.07, 6.45) is 1.75. The molecule has 0 N–H and O–H groups in total. The van der Waals surface area contributed by atoms with E-state index in [1.807, 2.05) is 6.92 Å². The maximum absolute atomic E-state index is 14.8. The van der Waals surface area contributed by atoms with Crippen LogP contribution in [0.2, 0.25) is 0 Å². The molecule has 1 aliphatic rings. The first-order valence-electron chi connectivity index (χ1n) is 10.5. The summed E-state index contributed by atoms with van der Waals surface area (Å²) < 4.78 is 74.4. The molecule has 0 aliphatic carbocycles. The van der Waals surface area contributed by atoms with Gasteiger partial charge in [-0.15, -0.1) is 0 Å². The Morgan fingerprint density at radius 1 is 0.812 bits per heavy atom. The van der Waals surface area contributed by atoms with E-state index in [4.69, 9.17) is 14.2 Å². The molecule has 168 valence electrons. The van der Waals surface area contributed by atoms with Gasteiger partial charge in [0.15, 0.2) is 34.6 Å². The molecule has 3 nitrogen and oxygen atoms in total. The molecule has 3 aromatic rings. The highest BCUT2D eigenvalue weighted by atomic mass is 19.2. The molecule has 1 aliphatic heterocycles. The third kappa shape index (κ3) is 4.11. The van der Waals surface area contributed by atoms with Gasteiger partial charge in [-0.05, 0) is 43.2 Å². The number of rotatable bonds is 7. The average Bonchev–Trinajstić information content (AvgIpc) is 2.78. The van der Waals surface area contributed by atoms with Crippen LogP contribution in [-0.4, -0.2) is 6.61 Å². The van der Waals surface area contributed by atoms with Crippen molar-refractivity contribution in [1.29, 1.82) is 0 Å². The summed E-state index contributed by atoms with van der Waals surface area (Å²) in [7, 11) is 0. The second-order valence-corrected chi connectivity index (χ2v) is 7.53. The smallest absolute Gasteiger partial charge is 0.207 e. The average molecular weight is 446 g/mol. The van der Waals surface area contributed by atoms with Gasteiger partial charge in [0.05, 0.1) is 6.61 Å². The van der Waals surface area contributed by atoms with Crippen LogP contribution in [0.15, 0.2) is 36.4 Å². The molecule has 0 spiro atoms. The number of fused-ring (bicyclic) bond motifs is 2. The Balaban J connectivity index is 1.59. The van der Waals surface area contributed by atoms with E-state index in [0.717, 1.165) is 18.4 Å². The van der Waals surface area contributed by atoms with Crippen molar-refractivity contribution < 1.29 is 31.8 Å². The van der Waals surface area contributed by atoms with Crippen molar-refractivity contribution in [2.75, 3.05) is 6.61 Å². The van der Waals surface area contributed by atoms with Crippen molar-refractivity contribution in [3.05, 3.63) is 81.9 Å². The van der Waals surface area contributed by atoms with Gasteiger partial charge in [0.2, 0.25) is 11.6 Å². The summed E-state index contributed by atoms with van der Waals surface area (Å²) in [4.78, 5) is 0. The van der Waals surface area contributed by atoms with Gasteiger partial charge in [-0.2, -0.15) is 8.78 Å². The standard InChI is InChI=1S/C25H22F4O3/c1-3-5-14-6-8-19(18(26)10-14)31-13-17-12-16-11-15-7-9-20(30-4-2)22(28)24(15)32-25(16)23(29)21(17)27/h6-10,12H,3-5,11,13H2,1-2H3. The van der Waals surface area contributed by atoms with Crippen molar-refractivity contribution in [3.8, 4) is 23.0 Å². The first-order valence-corrected chi connectivity index (χ1v) is 10.5. The highest BCUT2D eigenvalue weighted by Crippen LogP contribution is 2.43. The molecule has 0 amide bonds. The van der Waals surface area contributed by atoms with Crippen molar-refractivity contribution in [2.45, 2.75) is 39.7 Å². The van der Waals surface area contributed by atoms with E-state index in [9.17, 15) is 17.6 Å². The van der Waals surface area contributed by atoms with Crippen molar-refractivity contribution in [1.82, 2.24) is 0 Å². The van der Waals surface area contributed by atoms with Crippen LogP contribution in [-0.2, 0) is 19.4 Å². The Kier molecular flexibility index (Phi) is 6.26. The predicted molar refractivity (Wildman–Crippen MR) is 112 cm³/mol. The van der Waals surface area contributed by atoms with Crippen LogP contribution in [0.5, 0.6) is 23.0 Å². The quantitative estimate of drug-likeness (QED) is 0.290. The molecule has 4 rings (SSSR count). The summed E-state index contributed by atoms with van der Waals surface area (Å²) in [5.74, 6) is -4.37. The Labute approximate surface area is 183 Å². The van der Waals surface area contributed by atoms with E-state index in [2.05, 4.69) is 0 Å². The van der Waals surface area contributed by atoms with Gasteiger partial charge in [0.1, 0.15) is 6.61 Å². The molecule has 0 bridgehead atoms. The molecule has 0 atom stereocenters. The Hall–Kier alpha value is -3.22. The summed E-state index contributed by atoms with van der Waals surface area (Å²) in [6.45, 7) is 3.58. The fraction of sp³-hybridized carbons (Fsp3) is 0.280. The first-order chi connectivity index (χ1) is 15.4. The van der Waals surface area contributed by atoms with E-state index in [1.165, 1.54) is 24.3 Å². The normalized spacial score (nSPS) is 12.1. The lowest BCUT2D eigenvalue weighted by Gasteiger charge is -2.23. The zero-order chi connectivity index (χ0) is 22.8. The summed E-state index contributed by atoms with van der Waals surface area (Å²) >= 11 is 0. The molecular formula is C25H22F4O3. The molecule has 7 heteroatoms. The predicted octanol–water partition coefficient (Wildman–Crippen LogP) is 6.87. The van der Waals surface area contributed by atoms with Gasteiger partial charge in [-0.3, -0.25) is 0 Å².